The Morgan fingerprint density at radius 1 is 1.41 bits per heavy atom. The molecule has 2 bridgehead atoms. The van der Waals surface area contributed by atoms with Crippen LogP contribution in [-0.2, 0) is 4.79 Å². The molecule has 0 saturated heterocycles. The predicted molar refractivity (Wildman–Crippen MR) is 67.9 cm³/mol. The van der Waals surface area contributed by atoms with Gasteiger partial charge in [-0.15, -0.1) is 0 Å². The van der Waals surface area contributed by atoms with Crippen LogP contribution in [0.3, 0.4) is 0 Å². The van der Waals surface area contributed by atoms with Crippen LogP contribution < -0.4 is 5.32 Å². The van der Waals surface area contributed by atoms with Gasteiger partial charge in [0.05, 0.1) is 0 Å². The Hall–Kier alpha value is -0.570. The number of fused-ring (bicyclic) bond motifs is 2. The van der Waals surface area contributed by atoms with Crippen molar-refractivity contribution in [3.05, 3.63) is 0 Å². The molecule has 0 amide bonds. The summed E-state index contributed by atoms with van der Waals surface area (Å²) in [5, 5.41) is 12.5. The fraction of sp³-hybridized carbons (Fsp3) is 0.929. The molecule has 0 heterocycles. The highest BCUT2D eigenvalue weighted by atomic mass is 16.4. The van der Waals surface area contributed by atoms with Gasteiger partial charge >= 0.3 is 5.97 Å². The van der Waals surface area contributed by atoms with E-state index in [1.807, 2.05) is 6.92 Å². The molecule has 98 valence electrons. The third-order valence-electron chi connectivity index (χ3n) is 4.77. The van der Waals surface area contributed by atoms with Gasteiger partial charge in [0, 0.05) is 6.04 Å². The Morgan fingerprint density at radius 3 is 2.65 bits per heavy atom. The minimum absolute atomic E-state index is 0.353. The Bertz CT molecular complexity index is 279. The minimum atomic E-state index is -0.693. The van der Waals surface area contributed by atoms with Gasteiger partial charge in [0.2, 0.25) is 0 Å². The molecule has 5 atom stereocenters. The lowest BCUT2D eigenvalue weighted by Gasteiger charge is -2.30. The van der Waals surface area contributed by atoms with Crippen LogP contribution in [0.15, 0.2) is 0 Å². The Kier molecular flexibility index (Phi) is 4.08. The summed E-state index contributed by atoms with van der Waals surface area (Å²) in [5.74, 6) is 1.82. The zero-order valence-electron chi connectivity index (χ0n) is 11.0. The second-order valence-corrected chi connectivity index (χ2v) is 5.97. The first-order valence-electron chi connectivity index (χ1n) is 7.10. The Balaban J connectivity index is 1.87. The summed E-state index contributed by atoms with van der Waals surface area (Å²) in [6, 6.07) is 0.00655. The lowest BCUT2D eigenvalue weighted by Crippen LogP contribution is -2.46. The predicted octanol–water partition coefficient (Wildman–Crippen LogP) is 2.65. The van der Waals surface area contributed by atoms with E-state index in [2.05, 4.69) is 12.2 Å². The molecule has 2 aliphatic carbocycles. The number of aliphatic carboxylic acids is 1. The van der Waals surface area contributed by atoms with E-state index in [9.17, 15) is 4.79 Å². The Morgan fingerprint density at radius 2 is 2.18 bits per heavy atom. The van der Waals surface area contributed by atoms with Crippen molar-refractivity contribution in [3.63, 3.8) is 0 Å². The fourth-order valence-electron chi connectivity index (χ4n) is 3.91. The molecule has 0 radical (unpaired) electrons. The SMILES string of the molecule is CCCC(NC(C)C1CC2CCC1C2)C(=O)O. The monoisotopic (exact) mass is 239 g/mol. The van der Waals surface area contributed by atoms with E-state index in [0.29, 0.717) is 12.0 Å². The molecule has 2 saturated carbocycles. The lowest BCUT2D eigenvalue weighted by atomic mass is 9.83. The Labute approximate surface area is 104 Å². The number of carboxylic acids is 1. The molecule has 3 nitrogen and oxygen atoms in total. The van der Waals surface area contributed by atoms with Gasteiger partial charge in [-0.2, -0.15) is 0 Å². The van der Waals surface area contributed by atoms with E-state index in [1.54, 1.807) is 0 Å². The third-order valence-corrected chi connectivity index (χ3v) is 4.77. The number of hydrogen-bond donors (Lipinski definition) is 2. The van der Waals surface area contributed by atoms with Crippen molar-refractivity contribution in [1.82, 2.24) is 5.32 Å². The zero-order chi connectivity index (χ0) is 12.4. The number of hydrogen-bond acceptors (Lipinski definition) is 2. The van der Waals surface area contributed by atoms with Crippen LogP contribution in [0.1, 0.15) is 52.4 Å². The molecular formula is C14H25NO2. The number of carboxylic acid groups (broad SMARTS) is 1. The van der Waals surface area contributed by atoms with Gasteiger partial charge in [-0.25, -0.2) is 0 Å². The average molecular weight is 239 g/mol. The molecule has 3 heteroatoms. The van der Waals surface area contributed by atoms with E-state index in [1.165, 1.54) is 25.7 Å². The van der Waals surface area contributed by atoms with E-state index in [4.69, 9.17) is 5.11 Å². The van der Waals surface area contributed by atoms with Gasteiger partial charge in [-0.3, -0.25) is 4.79 Å². The van der Waals surface area contributed by atoms with E-state index in [-0.39, 0.29) is 6.04 Å². The topological polar surface area (TPSA) is 49.3 Å². The summed E-state index contributed by atoms with van der Waals surface area (Å²) in [6.07, 6.45) is 7.14. The molecule has 2 rings (SSSR count). The highest BCUT2D eigenvalue weighted by Gasteiger charge is 2.42. The lowest BCUT2D eigenvalue weighted by molar-refractivity contribution is -0.140. The highest BCUT2D eigenvalue weighted by Crippen LogP contribution is 2.49. The fourth-order valence-corrected chi connectivity index (χ4v) is 3.91. The smallest absolute Gasteiger partial charge is 0.320 e. The summed E-state index contributed by atoms with van der Waals surface area (Å²) in [6.45, 7) is 4.22. The molecule has 2 fully saturated rings. The van der Waals surface area contributed by atoms with Crippen LogP contribution in [0.4, 0.5) is 0 Å². The first-order chi connectivity index (χ1) is 8.11. The van der Waals surface area contributed by atoms with Gasteiger partial charge in [0.1, 0.15) is 6.04 Å². The van der Waals surface area contributed by atoms with Gasteiger partial charge < -0.3 is 10.4 Å². The van der Waals surface area contributed by atoms with Crippen molar-refractivity contribution < 1.29 is 9.90 Å². The first-order valence-corrected chi connectivity index (χ1v) is 7.10. The highest BCUT2D eigenvalue weighted by molar-refractivity contribution is 5.73. The quantitative estimate of drug-likeness (QED) is 0.749. The van der Waals surface area contributed by atoms with Crippen LogP contribution in [0.25, 0.3) is 0 Å². The van der Waals surface area contributed by atoms with Gasteiger partial charge in [-0.05, 0) is 50.4 Å². The normalized spacial score (nSPS) is 34.8. The molecule has 0 aliphatic heterocycles. The summed E-state index contributed by atoms with van der Waals surface area (Å²) >= 11 is 0. The summed E-state index contributed by atoms with van der Waals surface area (Å²) in [5.41, 5.74) is 0. The third kappa shape index (κ3) is 2.82. The molecule has 2 N–H and O–H groups in total. The minimum Gasteiger partial charge on any atom is -0.480 e. The van der Waals surface area contributed by atoms with Crippen LogP contribution in [-0.4, -0.2) is 23.2 Å². The largest absolute Gasteiger partial charge is 0.480 e. The van der Waals surface area contributed by atoms with Crippen LogP contribution in [0.5, 0.6) is 0 Å². The van der Waals surface area contributed by atoms with Crippen LogP contribution in [0, 0.1) is 17.8 Å². The maximum Gasteiger partial charge on any atom is 0.320 e. The maximum absolute atomic E-state index is 11.1. The van der Waals surface area contributed by atoms with E-state index >= 15 is 0 Å². The zero-order valence-corrected chi connectivity index (χ0v) is 11.0. The summed E-state index contributed by atoms with van der Waals surface area (Å²) < 4.78 is 0. The van der Waals surface area contributed by atoms with Gasteiger partial charge in [0.15, 0.2) is 0 Å². The van der Waals surface area contributed by atoms with Gasteiger partial charge in [0.25, 0.3) is 0 Å². The number of nitrogens with one attached hydrogen (secondary N) is 1. The van der Waals surface area contributed by atoms with Crippen LogP contribution in [0.2, 0.25) is 0 Å². The number of carbonyl (C=O) groups is 1. The van der Waals surface area contributed by atoms with Crippen molar-refractivity contribution in [2.24, 2.45) is 17.8 Å². The molecule has 5 unspecified atom stereocenters. The van der Waals surface area contributed by atoms with Crippen molar-refractivity contribution in [1.29, 1.82) is 0 Å². The van der Waals surface area contributed by atoms with E-state index in [0.717, 1.165) is 24.7 Å². The molecule has 0 aromatic carbocycles. The molecule has 0 aromatic heterocycles. The molecule has 0 spiro atoms. The van der Waals surface area contributed by atoms with Crippen LogP contribution >= 0.6 is 0 Å². The van der Waals surface area contributed by atoms with Crippen molar-refractivity contribution >= 4 is 5.97 Å². The van der Waals surface area contributed by atoms with Crippen molar-refractivity contribution in [3.8, 4) is 0 Å². The molecule has 17 heavy (non-hydrogen) atoms. The van der Waals surface area contributed by atoms with Crippen molar-refractivity contribution in [2.75, 3.05) is 0 Å². The molecule has 2 aliphatic rings. The van der Waals surface area contributed by atoms with Crippen molar-refractivity contribution in [2.45, 2.75) is 64.5 Å². The second kappa shape index (κ2) is 5.38. The molecular weight excluding hydrogens is 214 g/mol. The van der Waals surface area contributed by atoms with Gasteiger partial charge in [-0.1, -0.05) is 19.8 Å². The standard InChI is InChI=1S/C14H25NO2/c1-3-4-13(14(16)17)15-9(2)12-8-10-5-6-11(12)7-10/h9-13,15H,3-8H2,1-2H3,(H,16,17). The summed E-state index contributed by atoms with van der Waals surface area (Å²) in [4.78, 5) is 11.1. The second-order valence-electron chi connectivity index (χ2n) is 5.97. The summed E-state index contributed by atoms with van der Waals surface area (Å²) in [7, 11) is 0. The maximum atomic E-state index is 11.1. The first kappa shape index (κ1) is 12.9. The van der Waals surface area contributed by atoms with E-state index < -0.39 is 5.97 Å². The number of rotatable bonds is 6. The average Bonchev–Trinajstić information content (AvgIpc) is 2.89. The molecule has 0 aromatic rings.